The average Bonchev–Trinajstić information content (AvgIpc) is 2.53. The molecule has 0 bridgehead atoms. The summed E-state index contributed by atoms with van der Waals surface area (Å²) in [6.45, 7) is 0. The van der Waals surface area contributed by atoms with Crippen LogP contribution in [0, 0.1) is 0 Å². The van der Waals surface area contributed by atoms with Gasteiger partial charge >= 0.3 is 17.9 Å². The van der Waals surface area contributed by atoms with E-state index in [2.05, 4.69) is 0 Å². The van der Waals surface area contributed by atoms with Crippen molar-refractivity contribution in [3.8, 4) is 0 Å². The van der Waals surface area contributed by atoms with E-state index in [-0.39, 0.29) is 27.8 Å². The zero-order chi connectivity index (χ0) is 17.1. The van der Waals surface area contributed by atoms with E-state index in [4.69, 9.17) is 15.3 Å². The predicted molar refractivity (Wildman–Crippen MR) is 77.2 cm³/mol. The molecule has 0 saturated carbocycles. The van der Waals surface area contributed by atoms with Crippen LogP contribution in [0.15, 0.2) is 42.5 Å². The molecule has 0 atom stereocenters. The number of carboxylic acid groups (broad SMARTS) is 3. The van der Waals surface area contributed by atoms with Crippen LogP contribution >= 0.6 is 0 Å². The van der Waals surface area contributed by atoms with Gasteiger partial charge in [0.1, 0.15) is 0 Å². The highest BCUT2D eigenvalue weighted by Crippen LogP contribution is 2.16. The molecule has 0 aromatic heterocycles. The number of benzene rings is 2. The Balaban J connectivity index is 2.47. The van der Waals surface area contributed by atoms with Crippen LogP contribution in [0.2, 0.25) is 0 Å². The Bertz CT molecular complexity index is 787. The van der Waals surface area contributed by atoms with Crippen LogP contribution in [0.25, 0.3) is 0 Å². The second-order valence-corrected chi connectivity index (χ2v) is 4.62. The molecule has 0 aliphatic heterocycles. The van der Waals surface area contributed by atoms with E-state index in [0.717, 1.165) is 18.2 Å². The van der Waals surface area contributed by atoms with E-state index in [1.807, 2.05) is 0 Å². The van der Waals surface area contributed by atoms with Gasteiger partial charge in [-0.3, -0.25) is 4.79 Å². The lowest BCUT2D eigenvalue weighted by Gasteiger charge is -2.05. The van der Waals surface area contributed by atoms with Crippen LogP contribution < -0.4 is 0 Å². The SMILES string of the molecule is O=C(O)c1ccc(C(=O)c2cc(C(=O)O)cc(C(=O)O)c2)cc1. The maximum absolute atomic E-state index is 12.3. The third kappa shape index (κ3) is 3.41. The van der Waals surface area contributed by atoms with E-state index in [0.29, 0.717) is 0 Å². The van der Waals surface area contributed by atoms with Crippen molar-refractivity contribution in [2.24, 2.45) is 0 Å². The molecule has 2 rings (SSSR count). The lowest BCUT2D eigenvalue weighted by atomic mass is 9.98. The molecule has 0 amide bonds. The molecule has 2 aromatic rings. The maximum Gasteiger partial charge on any atom is 0.335 e. The summed E-state index contributed by atoms with van der Waals surface area (Å²) in [5.41, 5.74) is -0.642. The smallest absolute Gasteiger partial charge is 0.335 e. The maximum atomic E-state index is 12.3. The topological polar surface area (TPSA) is 129 Å². The minimum absolute atomic E-state index is 0.00735. The van der Waals surface area contributed by atoms with E-state index >= 15 is 0 Å². The summed E-state index contributed by atoms with van der Waals surface area (Å²) >= 11 is 0. The third-order valence-corrected chi connectivity index (χ3v) is 3.08. The number of hydrogen-bond acceptors (Lipinski definition) is 4. The molecule has 3 N–H and O–H groups in total. The van der Waals surface area contributed by atoms with Gasteiger partial charge in [-0.2, -0.15) is 0 Å². The quantitative estimate of drug-likeness (QED) is 0.720. The number of hydrogen-bond donors (Lipinski definition) is 3. The molecule has 0 aliphatic carbocycles. The third-order valence-electron chi connectivity index (χ3n) is 3.08. The van der Waals surface area contributed by atoms with Crippen molar-refractivity contribution in [1.29, 1.82) is 0 Å². The van der Waals surface area contributed by atoms with Crippen LogP contribution in [-0.4, -0.2) is 39.0 Å². The van der Waals surface area contributed by atoms with Gasteiger partial charge in [0.25, 0.3) is 0 Å². The molecule has 0 heterocycles. The molecule has 23 heavy (non-hydrogen) atoms. The predicted octanol–water partition coefficient (Wildman–Crippen LogP) is 2.01. The summed E-state index contributed by atoms with van der Waals surface area (Å²) in [6, 6.07) is 8.11. The highest BCUT2D eigenvalue weighted by Gasteiger charge is 2.17. The van der Waals surface area contributed by atoms with Crippen molar-refractivity contribution < 1.29 is 34.5 Å². The fraction of sp³-hybridized carbons (Fsp3) is 0. The van der Waals surface area contributed by atoms with Gasteiger partial charge in [-0.05, 0) is 30.3 Å². The summed E-state index contributed by atoms with van der Waals surface area (Å²) in [5, 5.41) is 26.8. The normalized spacial score (nSPS) is 10.1. The molecule has 0 spiro atoms. The lowest BCUT2D eigenvalue weighted by molar-refractivity contribution is 0.0682. The van der Waals surface area contributed by atoms with Crippen LogP contribution in [0.4, 0.5) is 0 Å². The molecule has 0 unspecified atom stereocenters. The molecule has 0 saturated heterocycles. The Morgan fingerprint density at radius 2 is 0.870 bits per heavy atom. The average molecular weight is 314 g/mol. The minimum atomic E-state index is -1.36. The summed E-state index contributed by atoms with van der Waals surface area (Å²) in [6.07, 6.45) is 0. The van der Waals surface area contributed by atoms with Gasteiger partial charge in [0.15, 0.2) is 5.78 Å². The fourth-order valence-corrected chi connectivity index (χ4v) is 1.94. The summed E-state index contributed by atoms with van der Waals surface area (Å²) in [7, 11) is 0. The van der Waals surface area contributed by atoms with Gasteiger partial charge < -0.3 is 15.3 Å². The van der Waals surface area contributed by atoms with Crippen molar-refractivity contribution in [3.05, 3.63) is 70.3 Å². The van der Waals surface area contributed by atoms with Crippen LogP contribution in [0.3, 0.4) is 0 Å². The van der Waals surface area contributed by atoms with Crippen molar-refractivity contribution in [1.82, 2.24) is 0 Å². The molecule has 0 fully saturated rings. The van der Waals surface area contributed by atoms with Crippen LogP contribution in [0.5, 0.6) is 0 Å². The Hall–Kier alpha value is -3.48. The molecule has 0 radical (unpaired) electrons. The standard InChI is InChI=1S/C16H10O7/c17-13(8-1-3-9(4-2-8)14(18)19)10-5-11(15(20)21)7-12(6-10)16(22)23/h1-7H,(H,18,19)(H,20,21)(H,22,23). The Morgan fingerprint density at radius 1 is 0.522 bits per heavy atom. The molecule has 0 aliphatic rings. The van der Waals surface area contributed by atoms with Gasteiger partial charge in [-0.1, -0.05) is 12.1 Å². The van der Waals surface area contributed by atoms with E-state index in [9.17, 15) is 19.2 Å². The molecule has 7 heteroatoms. The number of ketones is 1. The monoisotopic (exact) mass is 314 g/mol. The Morgan fingerprint density at radius 3 is 1.26 bits per heavy atom. The number of carbonyl (C=O) groups excluding carboxylic acids is 1. The van der Waals surface area contributed by atoms with E-state index < -0.39 is 23.7 Å². The summed E-state index contributed by atoms with van der Waals surface area (Å²) in [5.74, 6) is -4.47. The summed E-state index contributed by atoms with van der Waals surface area (Å²) in [4.78, 5) is 45.2. The second kappa shape index (κ2) is 6.10. The van der Waals surface area contributed by atoms with E-state index in [1.54, 1.807) is 0 Å². The van der Waals surface area contributed by atoms with Crippen molar-refractivity contribution in [2.75, 3.05) is 0 Å². The molecule has 116 valence electrons. The highest BCUT2D eigenvalue weighted by molar-refractivity contribution is 6.11. The fourth-order valence-electron chi connectivity index (χ4n) is 1.94. The molecule has 7 nitrogen and oxygen atoms in total. The van der Waals surface area contributed by atoms with Crippen molar-refractivity contribution in [3.63, 3.8) is 0 Å². The van der Waals surface area contributed by atoms with Gasteiger partial charge in [0.2, 0.25) is 0 Å². The van der Waals surface area contributed by atoms with Gasteiger partial charge in [0, 0.05) is 11.1 Å². The molecular weight excluding hydrogens is 304 g/mol. The lowest BCUT2D eigenvalue weighted by Crippen LogP contribution is -2.09. The first kappa shape index (κ1) is 15.9. The van der Waals surface area contributed by atoms with E-state index in [1.165, 1.54) is 24.3 Å². The minimum Gasteiger partial charge on any atom is -0.478 e. The largest absolute Gasteiger partial charge is 0.478 e. The second-order valence-electron chi connectivity index (χ2n) is 4.62. The molecule has 2 aromatic carbocycles. The zero-order valence-electron chi connectivity index (χ0n) is 11.5. The first-order valence-corrected chi connectivity index (χ1v) is 6.29. The van der Waals surface area contributed by atoms with Crippen molar-refractivity contribution in [2.45, 2.75) is 0 Å². The first-order chi connectivity index (χ1) is 10.8. The van der Waals surface area contributed by atoms with Crippen LogP contribution in [-0.2, 0) is 0 Å². The number of carboxylic acids is 3. The van der Waals surface area contributed by atoms with Gasteiger partial charge in [-0.15, -0.1) is 0 Å². The summed E-state index contributed by atoms with van der Waals surface area (Å²) < 4.78 is 0. The molecular formula is C16H10O7. The van der Waals surface area contributed by atoms with Crippen LogP contribution in [0.1, 0.15) is 47.0 Å². The van der Waals surface area contributed by atoms with Gasteiger partial charge in [-0.25, -0.2) is 14.4 Å². The van der Waals surface area contributed by atoms with Gasteiger partial charge in [0.05, 0.1) is 16.7 Å². The van der Waals surface area contributed by atoms with Crippen molar-refractivity contribution >= 4 is 23.7 Å². The first-order valence-electron chi connectivity index (χ1n) is 6.29. The number of carbonyl (C=O) groups is 4. The Kier molecular flexibility index (Phi) is 4.22. The highest BCUT2D eigenvalue weighted by atomic mass is 16.4. The number of rotatable bonds is 5. The zero-order valence-corrected chi connectivity index (χ0v) is 11.5. The number of aromatic carboxylic acids is 3. The Labute approximate surface area is 129 Å².